The highest BCUT2D eigenvalue weighted by molar-refractivity contribution is 8.00. The number of rotatable bonds is 6. The van der Waals surface area contributed by atoms with Crippen LogP contribution in [0.25, 0.3) is 5.69 Å². The number of nitrogens with zero attached hydrogens (tertiary/aromatic N) is 4. The first-order chi connectivity index (χ1) is 9.76. The van der Waals surface area contributed by atoms with E-state index in [0.29, 0.717) is 5.16 Å². The minimum Gasteiger partial charge on any atom is -0.383 e. The maximum absolute atomic E-state index is 11.7. The van der Waals surface area contributed by atoms with Gasteiger partial charge in [-0.2, -0.15) is 4.68 Å². The topological polar surface area (TPSA) is 108 Å². The molecular weight excluding hydrogens is 280 g/mol. The fourth-order valence-corrected chi connectivity index (χ4v) is 2.48. The Balaban J connectivity index is 2.21. The van der Waals surface area contributed by atoms with E-state index in [1.807, 2.05) is 30.3 Å². The molecule has 2 aromatic rings. The van der Waals surface area contributed by atoms with Crippen molar-refractivity contribution in [3.05, 3.63) is 30.3 Å². The van der Waals surface area contributed by atoms with Crippen molar-refractivity contribution in [1.82, 2.24) is 25.6 Å². The number of para-hydroxylation sites is 1. The van der Waals surface area contributed by atoms with Crippen LogP contribution in [0.2, 0.25) is 0 Å². The number of tetrazole rings is 1. The van der Waals surface area contributed by atoms with E-state index in [9.17, 15) is 4.79 Å². The number of hydrogen-bond donors (Lipinski definition) is 2. The summed E-state index contributed by atoms with van der Waals surface area (Å²) in [5.41, 5.74) is 2.91. The summed E-state index contributed by atoms with van der Waals surface area (Å²) >= 11 is 1.18. The van der Waals surface area contributed by atoms with Crippen molar-refractivity contribution in [3.8, 4) is 5.69 Å². The summed E-state index contributed by atoms with van der Waals surface area (Å²) in [7, 11) is 1.51. The fourth-order valence-electron chi connectivity index (χ4n) is 1.52. The van der Waals surface area contributed by atoms with Gasteiger partial charge in [0.25, 0.3) is 0 Å². The average Bonchev–Trinajstić information content (AvgIpc) is 2.95. The SMILES string of the molecule is COCC(Sc1nnnn1-c1ccccc1)C(=O)NN. The molecule has 1 aromatic carbocycles. The zero-order valence-corrected chi connectivity index (χ0v) is 11.6. The number of ether oxygens (including phenoxy) is 1. The number of aromatic nitrogens is 4. The number of nitrogens with one attached hydrogen (secondary N) is 1. The van der Waals surface area contributed by atoms with E-state index in [4.69, 9.17) is 10.6 Å². The zero-order chi connectivity index (χ0) is 14.4. The molecule has 1 aromatic heterocycles. The number of carbonyl (C=O) groups is 1. The molecule has 1 heterocycles. The zero-order valence-electron chi connectivity index (χ0n) is 10.8. The highest BCUT2D eigenvalue weighted by Crippen LogP contribution is 2.23. The minimum absolute atomic E-state index is 0.204. The molecule has 0 saturated heterocycles. The van der Waals surface area contributed by atoms with Crippen molar-refractivity contribution >= 4 is 17.7 Å². The molecule has 0 spiro atoms. The molecule has 8 nitrogen and oxygen atoms in total. The van der Waals surface area contributed by atoms with Gasteiger partial charge in [-0.05, 0) is 22.6 Å². The van der Waals surface area contributed by atoms with Gasteiger partial charge in [-0.25, -0.2) is 5.84 Å². The average molecular weight is 294 g/mol. The first-order valence-electron chi connectivity index (χ1n) is 5.76. The van der Waals surface area contributed by atoms with Crippen LogP contribution in [-0.4, -0.2) is 45.1 Å². The summed E-state index contributed by atoms with van der Waals surface area (Å²) in [6.07, 6.45) is 0. The maximum Gasteiger partial charge on any atom is 0.249 e. The Labute approximate surface area is 119 Å². The maximum atomic E-state index is 11.7. The lowest BCUT2D eigenvalue weighted by molar-refractivity contribution is -0.121. The van der Waals surface area contributed by atoms with Gasteiger partial charge in [0.05, 0.1) is 12.3 Å². The summed E-state index contributed by atoms with van der Waals surface area (Å²) in [6.45, 7) is 0.204. The number of amides is 1. The second kappa shape index (κ2) is 6.98. The van der Waals surface area contributed by atoms with Gasteiger partial charge in [-0.3, -0.25) is 10.2 Å². The molecule has 2 rings (SSSR count). The van der Waals surface area contributed by atoms with Gasteiger partial charge in [0.1, 0.15) is 5.25 Å². The molecule has 0 bridgehead atoms. The van der Waals surface area contributed by atoms with Crippen LogP contribution in [0, 0.1) is 0 Å². The van der Waals surface area contributed by atoms with Crippen molar-refractivity contribution in [2.75, 3.05) is 13.7 Å². The molecule has 0 aliphatic heterocycles. The molecule has 1 unspecified atom stereocenters. The summed E-state index contributed by atoms with van der Waals surface area (Å²) in [4.78, 5) is 11.7. The number of methoxy groups -OCH3 is 1. The molecule has 0 fully saturated rings. The number of benzene rings is 1. The van der Waals surface area contributed by atoms with Crippen LogP contribution < -0.4 is 11.3 Å². The first-order valence-corrected chi connectivity index (χ1v) is 6.64. The second-order valence-corrected chi connectivity index (χ2v) is 4.95. The third-order valence-corrected chi connectivity index (χ3v) is 3.54. The highest BCUT2D eigenvalue weighted by Gasteiger charge is 2.22. The molecule has 9 heteroatoms. The second-order valence-electron chi connectivity index (χ2n) is 3.78. The Morgan fingerprint density at radius 3 is 2.90 bits per heavy atom. The summed E-state index contributed by atoms with van der Waals surface area (Å²) < 4.78 is 6.56. The lowest BCUT2D eigenvalue weighted by atomic mass is 10.3. The first kappa shape index (κ1) is 14.4. The molecular formula is C11H14N6O2S. The van der Waals surface area contributed by atoms with E-state index in [2.05, 4.69) is 21.0 Å². The predicted octanol–water partition coefficient (Wildman–Crippen LogP) is -0.241. The van der Waals surface area contributed by atoms with Gasteiger partial charge < -0.3 is 4.74 Å². The highest BCUT2D eigenvalue weighted by atomic mass is 32.2. The summed E-state index contributed by atoms with van der Waals surface area (Å²) in [5.74, 6) is 4.81. The number of carbonyl (C=O) groups excluding carboxylic acids is 1. The van der Waals surface area contributed by atoms with Crippen molar-refractivity contribution in [3.63, 3.8) is 0 Å². The van der Waals surface area contributed by atoms with Gasteiger partial charge >= 0.3 is 0 Å². The Morgan fingerprint density at radius 2 is 2.25 bits per heavy atom. The summed E-state index contributed by atoms with van der Waals surface area (Å²) in [5, 5.41) is 11.4. The molecule has 1 atom stereocenters. The fraction of sp³-hybridized carbons (Fsp3) is 0.273. The van der Waals surface area contributed by atoms with Crippen LogP contribution in [0.5, 0.6) is 0 Å². The largest absolute Gasteiger partial charge is 0.383 e. The van der Waals surface area contributed by atoms with Crippen LogP contribution in [-0.2, 0) is 9.53 Å². The van der Waals surface area contributed by atoms with Crippen LogP contribution in [0.15, 0.2) is 35.5 Å². The molecule has 3 N–H and O–H groups in total. The predicted molar refractivity (Wildman–Crippen MR) is 73.0 cm³/mol. The van der Waals surface area contributed by atoms with Gasteiger partial charge in [0.2, 0.25) is 11.1 Å². The van der Waals surface area contributed by atoms with Gasteiger partial charge in [-0.15, -0.1) is 5.10 Å². The monoisotopic (exact) mass is 294 g/mol. The van der Waals surface area contributed by atoms with E-state index in [0.717, 1.165) is 5.69 Å². The standard InChI is InChI=1S/C11H14N6O2S/c1-19-7-9(10(18)13-12)20-11-14-15-16-17(11)8-5-3-2-4-6-8/h2-6,9H,7,12H2,1H3,(H,13,18). The van der Waals surface area contributed by atoms with Gasteiger partial charge in [0, 0.05) is 7.11 Å². The van der Waals surface area contributed by atoms with E-state index >= 15 is 0 Å². The molecule has 0 saturated carbocycles. The molecule has 0 aliphatic carbocycles. The van der Waals surface area contributed by atoms with Crippen LogP contribution in [0.3, 0.4) is 0 Å². The number of hydrazine groups is 1. The molecule has 20 heavy (non-hydrogen) atoms. The lowest BCUT2D eigenvalue weighted by Crippen LogP contribution is -2.39. The van der Waals surface area contributed by atoms with E-state index < -0.39 is 5.25 Å². The van der Waals surface area contributed by atoms with E-state index in [1.54, 1.807) is 4.68 Å². The third kappa shape index (κ3) is 3.32. The lowest BCUT2D eigenvalue weighted by Gasteiger charge is -2.13. The van der Waals surface area contributed by atoms with E-state index in [1.165, 1.54) is 18.9 Å². The molecule has 1 amide bonds. The van der Waals surface area contributed by atoms with Gasteiger partial charge in [-0.1, -0.05) is 30.0 Å². The Morgan fingerprint density at radius 1 is 1.50 bits per heavy atom. The summed E-state index contributed by atoms with van der Waals surface area (Å²) in [6, 6.07) is 9.40. The normalized spacial score (nSPS) is 12.1. The van der Waals surface area contributed by atoms with Crippen LogP contribution >= 0.6 is 11.8 Å². The number of nitrogens with two attached hydrogens (primary N) is 1. The van der Waals surface area contributed by atoms with Crippen molar-refractivity contribution < 1.29 is 9.53 Å². The van der Waals surface area contributed by atoms with E-state index in [-0.39, 0.29) is 12.5 Å². The quantitative estimate of drug-likeness (QED) is 0.327. The van der Waals surface area contributed by atoms with Crippen molar-refractivity contribution in [2.45, 2.75) is 10.4 Å². The Bertz CT molecular complexity index is 561. The van der Waals surface area contributed by atoms with Gasteiger partial charge in [0.15, 0.2) is 0 Å². The number of thioether (sulfide) groups is 1. The Hall–Kier alpha value is -1.97. The third-order valence-electron chi connectivity index (χ3n) is 2.44. The smallest absolute Gasteiger partial charge is 0.249 e. The van der Waals surface area contributed by atoms with Crippen LogP contribution in [0.1, 0.15) is 0 Å². The molecule has 106 valence electrons. The Kier molecular flexibility index (Phi) is 5.04. The minimum atomic E-state index is -0.529. The van der Waals surface area contributed by atoms with Crippen molar-refractivity contribution in [2.24, 2.45) is 5.84 Å². The van der Waals surface area contributed by atoms with Crippen LogP contribution in [0.4, 0.5) is 0 Å². The number of hydrogen-bond acceptors (Lipinski definition) is 7. The van der Waals surface area contributed by atoms with Crippen molar-refractivity contribution in [1.29, 1.82) is 0 Å². The molecule has 0 radical (unpaired) electrons. The molecule has 0 aliphatic rings.